The smallest absolute Gasteiger partial charge is 0.186 e. The highest BCUT2D eigenvalue weighted by molar-refractivity contribution is 7.22. The van der Waals surface area contributed by atoms with Crippen LogP contribution in [-0.2, 0) is 0 Å². The number of tetrazole rings is 1. The van der Waals surface area contributed by atoms with Gasteiger partial charge in [-0.1, -0.05) is 35.6 Å². The lowest BCUT2D eigenvalue weighted by Crippen LogP contribution is -2.48. The van der Waals surface area contributed by atoms with E-state index < -0.39 is 0 Å². The average Bonchev–Trinajstić information content (AvgIpc) is 3.48. The van der Waals surface area contributed by atoms with Gasteiger partial charge in [0.2, 0.25) is 0 Å². The number of para-hydroxylation sites is 1. The fraction of sp³-hybridized carbons (Fsp3) is 0.391. The number of hydrogen-bond acceptors (Lipinski definition) is 8. The van der Waals surface area contributed by atoms with Gasteiger partial charge in [-0.25, -0.2) is 9.67 Å². The molecule has 2 aromatic carbocycles. The molecule has 0 amide bonds. The van der Waals surface area contributed by atoms with Crippen molar-refractivity contribution in [3.8, 4) is 5.75 Å². The van der Waals surface area contributed by atoms with Crippen molar-refractivity contribution in [2.24, 2.45) is 0 Å². The monoisotopic (exact) mass is 449 g/mol. The van der Waals surface area contributed by atoms with Crippen LogP contribution in [0.25, 0.3) is 10.2 Å². The molecule has 32 heavy (non-hydrogen) atoms. The summed E-state index contributed by atoms with van der Waals surface area (Å²) in [5.41, 5.74) is 2.23. The lowest BCUT2D eigenvalue weighted by atomic mass is 10.0. The molecule has 1 aliphatic heterocycles. The van der Waals surface area contributed by atoms with E-state index in [1.54, 1.807) is 18.4 Å². The third-order valence-electron chi connectivity index (χ3n) is 5.92. The molecule has 1 atom stereocenters. The minimum Gasteiger partial charge on any atom is -0.497 e. The van der Waals surface area contributed by atoms with Gasteiger partial charge in [-0.15, -0.1) is 5.10 Å². The Morgan fingerprint density at radius 3 is 2.41 bits per heavy atom. The summed E-state index contributed by atoms with van der Waals surface area (Å²) >= 11 is 1.76. The topological polar surface area (TPSA) is 72.2 Å². The van der Waals surface area contributed by atoms with Gasteiger partial charge in [0.15, 0.2) is 11.0 Å². The van der Waals surface area contributed by atoms with Crippen LogP contribution in [0.3, 0.4) is 0 Å². The zero-order valence-corrected chi connectivity index (χ0v) is 19.4. The largest absolute Gasteiger partial charge is 0.497 e. The first-order valence-corrected chi connectivity index (χ1v) is 11.7. The fourth-order valence-electron chi connectivity index (χ4n) is 4.22. The molecule has 0 unspecified atom stereocenters. The van der Waals surface area contributed by atoms with E-state index in [1.807, 2.05) is 22.9 Å². The third kappa shape index (κ3) is 3.93. The number of aromatic nitrogens is 5. The molecule has 3 heterocycles. The molecule has 0 radical (unpaired) electrons. The highest BCUT2D eigenvalue weighted by atomic mass is 32.1. The Bertz CT molecular complexity index is 1150. The van der Waals surface area contributed by atoms with Crippen molar-refractivity contribution >= 4 is 26.7 Å². The zero-order chi connectivity index (χ0) is 22.1. The number of hydrogen-bond donors (Lipinski definition) is 0. The van der Waals surface area contributed by atoms with Crippen molar-refractivity contribution in [1.29, 1.82) is 0 Å². The van der Waals surface area contributed by atoms with Crippen LogP contribution in [-0.4, -0.2) is 63.4 Å². The molecular weight excluding hydrogens is 422 g/mol. The minimum atomic E-state index is -0.0178. The van der Waals surface area contributed by atoms with Gasteiger partial charge < -0.3 is 9.64 Å². The van der Waals surface area contributed by atoms with Crippen LogP contribution in [0.5, 0.6) is 5.75 Å². The summed E-state index contributed by atoms with van der Waals surface area (Å²) in [5, 5.41) is 13.8. The molecule has 9 heteroatoms. The Balaban J connectivity index is 1.41. The summed E-state index contributed by atoms with van der Waals surface area (Å²) in [7, 11) is 1.69. The normalized spacial score (nSPS) is 16.1. The molecular formula is C23H27N7OS. The van der Waals surface area contributed by atoms with E-state index in [2.05, 4.69) is 69.5 Å². The number of anilines is 1. The van der Waals surface area contributed by atoms with Gasteiger partial charge >= 0.3 is 0 Å². The number of rotatable bonds is 6. The summed E-state index contributed by atoms with van der Waals surface area (Å²) in [4.78, 5) is 9.70. The van der Waals surface area contributed by atoms with Gasteiger partial charge in [0.05, 0.1) is 29.4 Å². The molecule has 4 aromatic rings. The Hall–Kier alpha value is -3.04. The highest BCUT2D eigenvalue weighted by Gasteiger charge is 2.31. The molecule has 0 bridgehead atoms. The minimum absolute atomic E-state index is 0.0178. The Morgan fingerprint density at radius 1 is 0.969 bits per heavy atom. The van der Waals surface area contributed by atoms with Crippen LogP contribution in [0, 0.1) is 0 Å². The van der Waals surface area contributed by atoms with Crippen LogP contribution >= 0.6 is 11.3 Å². The Kier molecular flexibility index (Phi) is 5.75. The number of thiazole rings is 1. The van der Waals surface area contributed by atoms with E-state index in [1.165, 1.54) is 4.70 Å². The molecule has 5 rings (SSSR count). The second-order valence-corrected chi connectivity index (χ2v) is 9.25. The van der Waals surface area contributed by atoms with Crippen molar-refractivity contribution in [2.45, 2.75) is 25.9 Å². The lowest BCUT2D eigenvalue weighted by Gasteiger charge is -2.39. The molecule has 1 aliphatic rings. The molecule has 166 valence electrons. The molecule has 0 spiro atoms. The second kappa shape index (κ2) is 8.84. The number of benzene rings is 2. The summed E-state index contributed by atoms with van der Waals surface area (Å²) in [5.74, 6) is 1.72. The van der Waals surface area contributed by atoms with Crippen LogP contribution in [0.2, 0.25) is 0 Å². The number of nitrogens with zero attached hydrogens (tertiary/aromatic N) is 7. The van der Waals surface area contributed by atoms with E-state index in [0.29, 0.717) is 0 Å². The third-order valence-corrected chi connectivity index (χ3v) is 7.01. The van der Waals surface area contributed by atoms with Crippen molar-refractivity contribution in [3.63, 3.8) is 0 Å². The summed E-state index contributed by atoms with van der Waals surface area (Å²) in [6, 6.07) is 16.7. The van der Waals surface area contributed by atoms with E-state index >= 15 is 0 Å². The van der Waals surface area contributed by atoms with Gasteiger partial charge in [0.25, 0.3) is 0 Å². The Morgan fingerprint density at radius 2 is 1.72 bits per heavy atom. The maximum Gasteiger partial charge on any atom is 0.186 e. The maximum absolute atomic E-state index is 5.36. The Labute approximate surface area is 191 Å². The van der Waals surface area contributed by atoms with Gasteiger partial charge in [-0.3, -0.25) is 4.90 Å². The second-order valence-electron chi connectivity index (χ2n) is 8.24. The predicted octanol–water partition coefficient (Wildman–Crippen LogP) is 3.78. The van der Waals surface area contributed by atoms with Crippen LogP contribution in [0.4, 0.5) is 5.13 Å². The number of ether oxygens (including phenoxy) is 1. The first kappa shape index (κ1) is 20.8. The first-order chi connectivity index (χ1) is 15.6. The molecule has 0 aliphatic carbocycles. The fourth-order valence-corrected chi connectivity index (χ4v) is 5.24. The quantitative estimate of drug-likeness (QED) is 0.443. The van der Waals surface area contributed by atoms with Gasteiger partial charge in [0.1, 0.15) is 5.75 Å². The van der Waals surface area contributed by atoms with E-state index in [9.17, 15) is 0 Å². The van der Waals surface area contributed by atoms with E-state index in [-0.39, 0.29) is 12.1 Å². The van der Waals surface area contributed by atoms with Crippen molar-refractivity contribution in [2.75, 3.05) is 38.2 Å². The standard InChI is InChI=1S/C23H27N7OS/c1-16(2)30-22(25-26-27-30)21(17-8-10-18(31-3)11-9-17)28-12-14-29(15-13-28)23-24-19-6-4-5-7-20(19)32-23/h4-11,16,21H,12-15H2,1-3H3/t21-/m0/s1. The SMILES string of the molecule is COc1ccc([C@@H](c2nnnn2C(C)C)N2CCN(c3nc4ccccc4s3)CC2)cc1. The van der Waals surface area contributed by atoms with Crippen LogP contribution < -0.4 is 9.64 Å². The molecule has 8 nitrogen and oxygen atoms in total. The zero-order valence-electron chi connectivity index (χ0n) is 18.5. The average molecular weight is 450 g/mol. The molecule has 1 saturated heterocycles. The maximum atomic E-state index is 5.36. The predicted molar refractivity (Wildman–Crippen MR) is 126 cm³/mol. The van der Waals surface area contributed by atoms with E-state index in [0.717, 1.165) is 54.0 Å². The van der Waals surface area contributed by atoms with Crippen LogP contribution in [0.15, 0.2) is 48.5 Å². The number of fused-ring (bicyclic) bond motifs is 1. The molecule has 0 N–H and O–H groups in total. The van der Waals surface area contributed by atoms with Crippen molar-refractivity contribution < 1.29 is 4.74 Å². The summed E-state index contributed by atoms with van der Waals surface area (Å²) in [6.45, 7) is 7.84. The number of methoxy groups -OCH3 is 1. The number of piperazine rings is 1. The molecule has 2 aromatic heterocycles. The molecule has 1 fully saturated rings. The molecule has 0 saturated carbocycles. The van der Waals surface area contributed by atoms with E-state index in [4.69, 9.17) is 9.72 Å². The van der Waals surface area contributed by atoms with Gasteiger partial charge in [-0.2, -0.15) is 0 Å². The van der Waals surface area contributed by atoms with Crippen molar-refractivity contribution in [1.82, 2.24) is 30.1 Å². The van der Waals surface area contributed by atoms with Crippen molar-refractivity contribution in [3.05, 3.63) is 59.9 Å². The highest BCUT2D eigenvalue weighted by Crippen LogP contribution is 2.33. The lowest BCUT2D eigenvalue weighted by molar-refractivity contribution is 0.199. The summed E-state index contributed by atoms with van der Waals surface area (Å²) < 4.78 is 8.52. The first-order valence-electron chi connectivity index (χ1n) is 10.9. The van der Waals surface area contributed by atoms with Gasteiger partial charge in [0, 0.05) is 26.2 Å². The van der Waals surface area contributed by atoms with Gasteiger partial charge in [-0.05, 0) is 54.1 Å². The van der Waals surface area contributed by atoms with Crippen LogP contribution in [0.1, 0.15) is 37.3 Å². The summed E-state index contributed by atoms with van der Waals surface area (Å²) in [6.07, 6.45) is 0.